The van der Waals surface area contributed by atoms with Crippen molar-refractivity contribution in [3.05, 3.63) is 82.6 Å². The van der Waals surface area contributed by atoms with Crippen LogP contribution in [-0.4, -0.2) is 18.9 Å². The normalized spacial score (nSPS) is 11.4. The first kappa shape index (κ1) is 19.2. The number of nitrogens with zero attached hydrogens (tertiary/aromatic N) is 1. The Labute approximate surface area is 162 Å². The number of rotatable bonds is 5. The standard InChI is InChI=1S/C19H18ClN3O3S/c1-13-3-4-14(2)23(13)17-9-5-15(6-10-17)19(24)21-22-27(25,26)18-11-7-16(20)8-12-18/h3-12,22H,1-2H3,(H,21,24). The molecule has 3 rings (SSSR count). The molecular weight excluding hydrogens is 386 g/mol. The van der Waals surface area contributed by atoms with Crippen LogP contribution in [0.15, 0.2) is 65.6 Å². The lowest BCUT2D eigenvalue weighted by Crippen LogP contribution is -2.41. The molecule has 1 heterocycles. The zero-order chi connectivity index (χ0) is 19.6. The zero-order valence-corrected chi connectivity index (χ0v) is 16.3. The first-order valence-electron chi connectivity index (χ1n) is 8.11. The molecule has 0 aliphatic carbocycles. The fourth-order valence-electron chi connectivity index (χ4n) is 2.70. The second-order valence-corrected chi connectivity index (χ2v) is 8.13. The fourth-order valence-corrected chi connectivity index (χ4v) is 3.66. The van der Waals surface area contributed by atoms with Crippen LogP contribution in [0.1, 0.15) is 21.7 Å². The molecule has 1 amide bonds. The number of aromatic nitrogens is 1. The van der Waals surface area contributed by atoms with Gasteiger partial charge in [0.15, 0.2) is 0 Å². The maximum atomic E-state index is 12.2. The second kappa shape index (κ2) is 7.56. The summed E-state index contributed by atoms with van der Waals surface area (Å²) in [6.45, 7) is 4.00. The maximum absolute atomic E-state index is 12.2. The van der Waals surface area contributed by atoms with Gasteiger partial charge in [-0.05, 0) is 74.5 Å². The van der Waals surface area contributed by atoms with Gasteiger partial charge in [0, 0.05) is 27.7 Å². The second-order valence-electron chi connectivity index (χ2n) is 6.01. The number of benzene rings is 2. The van der Waals surface area contributed by atoms with Crippen molar-refractivity contribution in [3.63, 3.8) is 0 Å². The Kier molecular flexibility index (Phi) is 5.36. The first-order chi connectivity index (χ1) is 12.8. The number of sulfonamides is 1. The Bertz CT molecular complexity index is 1050. The Morgan fingerprint density at radius 2 is 1.44 bits per heavy atom. The molecule has 0 spiro atoms. The number of carbonyl (C=O) groups excluding carboxylic acids is 1. The highest BCUT2D eigenvalue weighted by Gasteiger charge is 2.16. The van der Waals surface area contributed by atoms with E-state index >= 15 is 0 Å². The van der Waals surface area contributed by atoms with Gasteiger partial charge in [0.1, 0.15) is 0 Å². The van der Waals surface area contributed by atoms with Gasteiger partial charge in [-0.15, -0.1) is 4.83 Å². The third-order valence-corrected chi connectivity index (χ3v) is 5.60. The molecule has 0 saturated heterocycles. The van der Waals surface area contributed by atoms with Gasteiger partial charge in [0.05, 0.1) is 4.90 Å². The van der Waals surface area contributed by atoms with Gasteiger partial charge in [-0.3, -0.25) is 10.2 Å². The minimum atomic E-state index is -3.88. The lowest BCUT2D eigenvalue weighted by molar-refractivity contribution is 0.0945. The van der Waals surface area contributed by atoms with Crippen molar-refractivity contribution in [2.75, 3.05) is 0 Å². The molecule has 140 valence electrons. The fraction of sp³-hybridized carbons (Fsp3) is 0.105. The van der Waals surface area contributed by atoms with Crippen LogP contribution in [0.5, 0.6) is 0 Å². The van der Waals surface area contributed by atoms with Crippen LogP contribution in [0, 0.1) is 13.8 Å². The molecule has 0 radical (unpaired) electrons. The number of carbonyl (C=O) groups is 1. The average molecular weight is 404 g/mol. The predicted molar refractivity (Wildman–Crippen MR) is 104 cm³/mol. The molecule has 6 nitrogen and oxygen atoms in total. The summed E-state index contributed by atoms with van der Waals surface area (Å²) < 4.78 is 26.4. The van der Waals surface area contributed by atoms with E-state index in [0.29, 0.717) is 10.6 Å². The van der Waals surface area contributed by atoms with E-state index in [2.05, 4.69) is 14.8 Å². The topological polar surface area (TPSA) is 80.2 Å². The summed E-state index contributed by atoms with van der Waals surface area (Å²) in [6, 6.07) is 16.6. The summed E-state index contributed by atoms with van der Waals surface area (Å²) in [6.07, 6.45) is 0. The van der Waals surface area contributed by atoms with Crippen LogP contribution < -0.4 is 10.3 Å². The number of hydrogen-bond donors (Lipinski definition) is 2. The van der Waals surface area contributed by atoms with Crippen molar-refractivity contribution in [2.24, 2.45) is 0 Å². The Hall–Kier alpha value is -2.61. The molecule has 3 aromatic rings. The van der Waals surface area contributed by atoms with Gasteiger partial charge in [0.25, 0.3) is 15.9 Å². The predicted octanol–water partition coefficient (Wildman–Crippen LogP) is 3.37. The van der Waals surface area contributed by atoms with Crippen molar-refractivity contribution in [2.45, 2.75) is 18.7 Å². The monoisotopic (exact) mass is 403 g/mol. The Balaban J connectivity index is 1.70. The van der Waals surface area contributed by atoms with E-state index in [-0.39, 0.29) is 4.90 Å². The van der Waals surface area contributed by atoms with Gasteiger partial charge >= 0.3 is 0 Å². The minimum Gasteiger partial charge on any atom is -0.319 e. The molecule has 0 atom stereocenters. The summed E-state index contributed by atoms with van der Waals surface area (Å²) in [5.41, 5.74) is 5.64. The molecule has 2 aromatic carbocycles. The van der Waals surface area contributed by atoms with E-state index in [4.69, 9.17) is 11.6 Å². The third kappa shape index (κ3) is 4.21. The minimum absolute atomic E-state index is 0.00102. The quantitative estimate of drug-likeness (QED) is 0.641. The SMILES string of the molecule is Cc1ccc(C)n1-c1ccc(C(=O)NNS(=O)(=O)c2ccc(Cl)cc2)cc1. The molecule has 1 aromatic heterocycles. The highest BCUT2D eigenvalue weighted by Crippen LogP contribution is 2.17. The molecule has 0 saturated carbocycles. The van der Waals surface area contributed by atoms with E-state index < -0.39 is 15.9 Å². The molecule has 8 heteroatoms. The number of hydrogen-bond acceptors (Lipinski definition) is 3. The van der Waals surface area contributed by atoms with E-state index in [1.165, 1.54) is 24.3 Å². The molecule has 0 aliphatic heterocycles. The summed E-state index contributed by atoms with van der Waals surface area (Å²) in [5, 5.41) is 0.422. The highest BCUT2D eigenvalue weighted by molar-refractivity contribution is 7.89. The molecule has 0 bridgehead atoms. The van der Waals surface area contributed by atoms with Gasteiger partial charge < -0.3 is 4.57 Å². The molecule has 27 heavy (non-hydrogen) atoms. The van der Waals surface area contributed by atoms with Crippen LogP contribution in [0.3, 0.4) is 0 Å². The number of nitrogens with one attached hydrogen (secondary N) is 2. The highest BCUT2D eigenvalue weighted by atomic mass is 35.5. The zero-order valence-electron chi connectivity index (χ0n) is 14.7. The van der Waals surface area contributed by atoms with Crippen molar-refractivity contribution in [1.82, 2.24) is 14.8 Å². The molecule has 0 aliphatic rings. The van der Waals surface area contributed by atoms with Crippen molar-refractivity contribution in [1.29, 1.82) is 0 Å². The molecule has 0 unspecified atom stereocenters. The summed E-state index contributed by atoms with van der Waals surface area (Å²) in [5.74, 6) is -0.556. The summed E-state index contributed by atoms with van der Waals surface area (Å²) >= 11 is 5.75. The number of halogens is 1. The largest absolute Gasteiger partial charge is 0.319 e. The van der Waals surface area contributed by atoms with Gasteiger partial charge in [-0.1, -0.05) is 11.6 Å². The van der Waals surface area contributed by atoms with Crippen LogP contribution >= 0.6 is 11.6 Å². The molecular formula is C19H18ClN3O3S. The van der Waals surface area contributed by atoms with E-state index in [1.54, 1.807) is 12.1 Å². The van der Waals surface area contributed by atoms with Gasteiger partial charge in [-0.25, -0.2) is 8.42 Å². The number of hydrazine groups is 1. The Morgan fingerprint density at radius 1 is 0.889 bits per heavy atom. The number of aryl methyl sites for hydroxylation is 2. The maximum Gasteiger partial charge on any atom is 0.266 e. The van der Waals surface area contributed by atoms with Gasteiger partial charge in [-0.2, -0.15) is 0 Å². The van der Waals surface area contributed by atoms with E-state index in [9.17, 15) is 13.2 Å². The lowest BCUT2D eigenvalue weighted by atomic mass is 10.2. The van der Waals surface area contributed by atoms with Crippen molar-refractivity contribution >= 4 is 27.5 Å². The Morgan fingerprint density at radius 3 is 2.00 bits per heavy atom. The van der Waals surface area contributed by atoms with Crippen LogP contribution in [0.4, 0.5) is 0 Å². The van der Waals surface area contributed by atoms with Crippen molar-refractivity contribution < 1.29 is 13.2 Å². The lowest BCUT2D eigenvalue weighted by Gasteiger charge is -2.11. The first-order valence-corrected chi connectivity index (χ1v) is 9.97. The van der Waals surface area contributed by atoms with Crippen molar-refractivity contribution in [3.8, 4) is 5.69 Å². The molecule has 0 fully saturated rings. The number of amides is 1. The van der Waals surface area contributed by atoms with E-state index in [1.807, 2.05) is 38.1 Å². The summed E-state index contributed by atoms with van der Waals surface area (Å²) in [7, 11) is -3.88. The summed E-state index contributed by atoms with van der Waals surface area (Å²) in [4.78, 5) is 14.3. The molecule has 2 N–H and O–H groups in total. The van der Waals surface area contributed by atoms with Gasteiger partial charge in [0.2, 0.25) is 0 Å². The smallest absolute Gasteiger partial charge is 0.266 e. The van der Waals surface area contributed by atoms with Crippen LogP contribution in [-0.2, 0) is 10.0 Å². The van der Waals surface area contributed by atoms with Crippen LogP contribution in [0.2, 0.25) is 5.02 Å². The average Bonchev–Trinajstić information content (AvgIpc) is 2.99. The van der Waals surface area contributed by atoms with Crippen LogP contribution in [0.25, 0.3) is 5.69 Å². The third-order valence-electron chi connectivity index (χ3n) is 4.08. The van der Waals surface area contributed by atoms with E-state index in [0.717, 1.165) is 17.1 Å².